The molecular formula is C53H81NO13. The molecular weight excluding hydrogens is 859 g/mol. The number of aliphatic hydroxyl groups excluding tert-OH is 2. The molecule has 16 atom stereocenters. The number of fused-ring (bicyclic) bond motifs is 5. The van der Waals surface area contributed by atoms with Crippen molar-refractivity contribution in [1.29, 1.82) is 0 Å². The number of piperidine rings is 1. The number of carbonyl (C=O) groups is 5. The molecule has 0 radical (unpaired) electrons. The summed E-state index contributed by atoms with van der Waals surface area (Å²) in [5, 5.41) is 35.3. The van der Waals surface area contributed by atoms with Crippen molar-refractivity contribution in [2.75, 3.05) is 27.9 Å². The Hall–Kier alpha value is -3.37. The number of hydrogen-bond acceptors (Lipinski definition) is 13. The predicted octanol–water partition coefficient (Wildman–Crippen LogP) is 6.57. The molecule has 1 amide bonds. The summed E-state index contributed by atoms with van der Waals surface area (Å²) in [6.45, 7) is 16.7. The Morgan fingerprint density at radius 3 is 2.19 bits per heavy atom. The Balaban J connectivity index is 1.75. The monoisotopic (exact) mass is 940 g/mol. The second-order valence-corrected chi connectivity index (χ2v) is 21.1. The summed E-state index contributed by atoms with van der Waals surface area (Å²) in [6.07, 6.45) is 7.31. The smallest absolute Gasteiger partial charge is 0.329 e. The first kappa shape index (κ1) is 54.6. The standard InChI is InChI=1S/C53H81NO13/c1-30-16-15-17-31(2)25-36(7)52(38-19-20-40(55)43(27-38)63-10)37(8)42(28-41(56)32(3)26-34(5)45(57)46(65-12)47(52)58)66-50(61)39-18-13-14-23-54(39)49(60)48(59)53(62)35(6)21-22-51(9,67-53)29-44(64-11)33(4)24-30/h15-17,24,26,31-32,35-40,42-46,55,57,62H,13-14,18-23,25,27-29H2,1-12H3/b17-15?,30-16?,33-24+,34-26-/t31-,32-,35-,36-,37+,38-,39-,40-,42+,43-,44+,45-,46-,51+,52?,53-/m1/s1. The van der Waals surface area contributed by atoms with Crippen LogP contribution in [-0.4, -0.2) is 131 Å². The van der Waals surface area contributed by atoms with E-state index in [1.807, 2.05) is 52.8 Å². The van der Waals surface area contributed by atoms with E-state index in [9.17, 15) is 34.5 Å². The number of methoxy groups -OCH3 is 3. The molecule has 376 valence electrons. The number of Topliss-reactive ketones (excluding diaryl/α,β-unsaturated/α-hetero) is 3. The van der Waals surface area contributed by atoms with E-state index >= 15 is 4.79 Å². The largest absolute Gasteiger partial charge is 0.460 e. The van der Waals surface area contributed by atoms with Gasteiger partial charge in [0, 0.05) is 63.9 Å². The lowest BCUT2D eigenvalue weighted by molar-refractivity contribution is -0.294. The summed E-state index contributed by atoms with van der Waals surface area (Å²) >= 11 is 0. The summed E-state index contributed by atoms with van der Waals surface area (Å²) < 4.78 is 30.8. The van der Waals surface area contributed by atoms with Gasteiger partial charge in [-0.25, -0.2) is 4.79 Å². The Morgan fingerprint density at radius 2 is 1.54 bits per heavy atom. The summed E-state index contributed by atoms with van der Waals surface area (Å²) in [4.78, 5) is 75.6. The number of carbonyl (C=O) groups excluding carboxylic acids is 5. The molecule has 0 aromatic rings. The van der Waals surface area contributed by atoms with Gasteiger partial charge in [0.1, 0.15) is 30.1 Å². The molecule has 1 unspecified atom stereocenters. The number of esters is 1. The number of allylic oxidation sites excluding steroid dienone is 6. The van der Waals surface area contributed by atoms with E-state index < -0.39 is 113 Å². The minimum Gasteiger partial charge on any atom is -0.460 e. The van der Waals surface area contributed by atoms with Crippen LogP contribution in [0.4, 0.5) is 0 Å². The summed E-state index contributed by atoms with van der Waals surface area (Å²) in [5.74, 6) is -9.71. The van der Waals surface area contributed by atoms with E-state index in [-0.39, 0.29) is 43.9 Å². The quantitative estimate of drug-likeness (QED) is 0.156. The molecule has 3 aliphatic heterocycles. The second-order valence-electron chi connectivity index (χ2n) is 21.1. The first-order valence-corrected chi connectivity index (χ1v) is 24.7. The first-order valence-electron chi connectivity index (χ1n) is 24.7. The minimum absolute atomic E-state index is 0.0377. The van der Waals surface area contributed by atoms with Crippen molar-refractivity contribution in [1.82, 2.24) is 4.90 Å². The van der Waals surface area contributed by atoms with Gasteiger partial charge in [-0.1, -0.05) is 70.6 Å². The van der Waals surface area contributed by atoms with Crippen molar-refractivity contribution in [3.05, 3.63) is 47.1 Å². The number of amides is 1. The Morgan fingerprint density at radius 1 is 0.836 bits per heavy atom. The number of hydrogen-bond donors (Lipinski definition) is 3. The van der Waals surface area contributed by atoms with Crippen molar-refractivity contribution < 1.29 is 63.0 Å². The molecule has 0 spiro atoms. The van der Waals surface area contributed by atoms with Crippen molar-refractivity contribution >= 4 is 29.2 Å². The average molecular weight is 940 g/mol. The van der Waals surface area contributed by atoms with Crippen LogP contribution in [0.25, 0.3) is 0 Å². The maximum Gasteiger partial charge on any atom is 0.329 e. The third kappa shape index (κ3) is 11.5. The Labute approximate surface area is 398 Å². The Bertz CT molecular complexity index is 1940. The van der Waals surface area contributed by atoms with Gasteiger partial charge in [0.25, 0.3) is 11.7 Å². The molecule has 1 saturated carbocycles. The highest BCUT2D eigenvalue weighted by Gasteiger charge is 2.61. The highest BCUT2D eigenvalue weighted by atomic mass is 16.6. The van der Waals surface area contributed by atoms with Gasteiger partial charge in [0.05, 0.1) is 23.9 Å². The van der Waals surface area contributed by atoms with E-state index in [1.54, 1.807) is 34.0 Å². The molecule has 14 heteroatoms. The predicted molar refractivity (Wildman–Crippen MR) is 252 cm³/mol. The first-order chi connectivity index (χ1) is 31.5. The van der Waals surface area contributed by atoms with Gasteiger partial charge >= 0.3 is 5.97 Å². The van der Waals surface area contributed by atoms with Gasteiger partial charge in [-0.15, -0.1) is 0 Å². The van der Waals surface area contributed by atoms with Crippen LogP contribution in [0.15, 0.2) is 47.1 Å². The maximum absolute atomic E-state index is 16.0. The third-order valence-electron chi connectivity index (χ3n) is 16.4. The van der Waals surface area contributed by atoms with Crippen molar-refractivity contribution in [3.8, 4) is 0 Å². The maximum atomic E-state index is 16.0. The van der Waals surface area contributed by atoms with Gasteiger partial charge in [-0.2, -0.15) is 0 Å². The van der Waals surface area contributed by atoms with Crippen molar-refractivity contribution in [2.24, 2.45) is 40.9 Å². The highest BCUT2D eigenvalue weighted by Crippen LogP contribution is 2.55. The summed E-state index contributed by atoms with van der Waals surface area (Å²) in [7, 11) is 4.50. The van der Waals surface area contributed by atoms with Gasteiger partial charge in [0.15, 0.2) is 5.78 Å². The van der Waals surface area contributed by atoms with Gasteiger partial charge in [-0.05, 0) is 114 Å². The molecule has 3 fully saturated rings. The SMILES string of the molecule is CO[C@H]1C[C@]2(C)CC[C@@H](C)[C@@](O)(O2)C(=O)C(=O)N2CCCC[C@@H]2C(=O)O[C@H]2CC(=O)[C@H](C)/C=C(/C)[C@@H](O)[C@@H](OC)C(=O)C([C@@H]3CC[C@@H](O)[C@H](OC)C3)([C@H](C)C[C@H](C)C=CC=C(C)/C=C/1C)[C@H]2C. The lowest BCUT2D eigenvalue weighted by atomic mass is 9.51. The number of aliphatic hydroxyl groups is 3. The van der Waals surface area contributed by atoms with Crippen LogP contribution in [0, 0.1) is 40.9 Å². The molecule has 5 aliphatic rings. The highest BCUT2D eigenvalue weighted by molar-refractivity contribution is 6.39. The second kappa shape index (κ2) is 22.6. The molecule has 5 rings (SSSR count). The fourth-order valence-corrected chi connectivity index (χ4v) is 12.3. The minimum atomic E-state index is -2.50. The summed E-state index contributed by atoms with van der Waals surface area (Å²) in [5.41, 5.74) is -0.291. The molecule has 4 bridgehead atoms. The van der Waals surface area contributed by atoms with Gasteiger partial charge in [-0.3, -0.25) is 19.2 Å². The Kier molecular flexibility index (Phi) is 18.4. The van der Waals surface area contributed by atoms with Crippen LogP contribution in [0.3, 0.4) is 0 Å². The molecule has 2 saturated heterocycles. The molecule has 3 N–H and O–H groups in total. The number of ether oxygens (including phenoxy) is 5. The molecule has 67 heavy (non-hydrogen) atoms. The number of nitrogens with zero attached hydrogens (tertiary/aromatic N) is 1. The summed E-state index contributed by atoms with van der Waals surface area (Å²) in [6, 6.07) is -1.24. The average Bonchev–Trinajstić information content (AvgIpc) is 3.29. The van der Waals surface area contributed by atoms with E-state index in [0.717, 1.165) is 11.1 Å². The van der Waals surface area contributed by atoms with Crippen LogP contribution in [0.2, 0.25) is 0 Å². The van der Waals surface area contributed by atoms with Gasteiger partial charge in [0.2, 0.25) is 5.79 Å². The fourth-order valence-electron chi connectivity index (χ4n) is 12.3. The zero-order valence-corrected chi connectivity index (χ0v) is 42.2. The molecule has 0 aromatic carbocycles. The normalized spacial score (nSPS) is 43.4. The molecule has 2 aliphatic carbocycles. The zero-order valence-electron chi connectivity index (χ0n) is 42.2. The molecule has 0 aromatic heterocycles. The fraction of sp³-hybridized carbons (Fsp3) is 0.755. The van der Waals surface area contributed by atoms with Crippen LogP contribution < -0.4 is 0 Å². The number of rotatable bonds is 4. The van der Waals surface area contributed by atoms with Crippen LogP contribution in [-0.2, 0) is 47.7 Å². The topological polar surface area (TPSA) is 195 Å². The van der Waals surface area contributed by atoms with Crippen molar-refractivity contribution in [2.45, 2.75) is 187 Å². The lowest BCUT2D eigenvalue weighted by Gasteiger charge is -2.54. The van der Waals surface area contributed by atoms with Crippen LogP contribution >= 0.6 is 0 Å². The number of ketones is 3. The molecule has 3 heterocycles. The lowest BCUT2D eigenvalue weighted by Crippen LogP contribution is -2.63. The van der Waals surface area contributed by atoms with Crippen LogP contribution in [0.1, 0.15) is 133 Å². The van der Waals surface area contributed by atoms with E-state index in [2.05, 4.69) is 13.0 Å². The third-order valence-corrected chi connectivity index (χ3v) is 16.4. The molecule has 14 nitrogen and oxygen atoms in total. The zero-order chi connectivity index (χ0) is 49.8. The van der Waals surface area contributed by atoms with E-state index in [0.29, 0.717) is 50.5 Å². The van der Waals surface area contributed by atoms with Crippen molar-refractivity contribution in [3.63, 3.8) is 0 Å². The van der Waals surface area contributed by atoms with E-state index in [1.165, 1.54) is 19.1 Å². The van der Waals surface area contributed by atoms with Gasteiger partial charge < -0.3 is 43.9 Å². The van der Waals surface area contributed by atoms with E-state index in [4.69, 9.17) is 23.7 Å². The van der Waals surface area contributed by atoms with Crippen LogP contribution in [0.5, 0.6) is 0 Å².